The van der Waals surface area contributed by atoms with Crippen molar-refractivity contribution in [2.45, 2.75) is 66.2 Å². The van der Waals surface area contributed by atoms with Crippen molar-refractivity contribution in [3.05, 3.63) is 0 Å². The highest BCUT2D eigenvalue weighted by Gasteiger charge is 2.15. The summed E-state index contributed by atoms with van der Waals surface area (Å²) in [4.78, 5) is 9.87. The van der Waals surface area contributed by atoms with Crippen LogP contribution in [0.1, 0.15) is 66.2 Å². The van der Waals surface area contributed by atoms with Gasteiger partial charge in [0.2, 0.25) is 0 Å². The fourth-order valence-electron chi connectivity index (χ4n) is 1.15. The molecule has 0 aromatic rings. The van der Waals surface area contributed by atoms with Crippen LogP contribution in [-0.2, 0) is 9.78 Å². The molecule has 0 unspecified atom stereocenters. The summed E-state index contributed by atoms with van der Waals surface area (Å²) < 4.78 is 0. The van der Waals surface area contributed by atoms with Crippen LogP contribution in [0.5, 0.6) is 0 Å². The van der Waals surface area contributed by atoms with E-state index in [1.165, 1.54) is 6.42 Å². The summed E-state index contributed by atoms with van der Waals surface area (Å²) in [7, 11) is 0. The molecule has 0 aromatic heterocycles. The second kappa shape index (κ2) is 11.0. The third-order valence-electron chi connectivity index (χ3n) is 2.33. The van der Waals surface area contributed by atoms with Crippen molar-refractivity contribution in [2.24, 2.45) is 5.41 Å². The predicted molar refractivity (Wildman–Crippen MR) is 75.4 cm³/mol. The van der Waals surface area contributed by atoms with E-state index >= 15 is 0 Å². The molecule has 0 amide bonds. The molecular weight excluding hydrogens is 224 g/mol. The van der Waals surface area contributed by atoms with Gasteiger partial charge in [-0.15, -0.1) is 5.92 Å². The Balaban J connectivity index is 3.73. The molecule has 0 heterocycles. The highest BCUT2D eigenvalue weighted by atomic mass is 17.2. The third kappa shape index (κ3) is 11.4. The lowest BCUT2D eigenvalue weighted by Crippen LogP contribution is -2.16. The molecule has 0 aliphatic rings. The SMILES string of the molecule is CCCCC#COOCC(C)(C)C#CCCCC. The molecule has 0 radical (unpaired) electrons. The zero-order valence-electron chi connectivity index (χ0n) is 12.3. The topological polar surface area (TPSA) is 18.5 Å². The Morgan fingerprint density at radius 1 is 0.944 bits per heavy atom. The van der Waals surface area contributed by atoms with Crippen molar-refractivity contribution in [3.63, 3.8) is 0 Å². The first-order chi connectivity index (χ1) is 8.62. The van der Waals surface area contributed by atoms with Crippen LogP contribution in [-0.4, -0.2) is 6.61 Å². The quantitative estimate of drug-likeness (QED) is 0.290. The summed E-state index contributed by atoms with van der Waals surface area (Å²) in [6, 6.07) is 0. The van der Waals surface area contributed by atoms with Crippen LogP contribution < -0.4 is 0 Å². The van der Waals surface area contributed by atoms with E-state index in [0.29, 0.717) is 6.61 Å². The van der Waals surface area contributed by atoms with E-state index in [0.717, 1.165) is 32.1 Å². The highest BCUT2D eigenvalue weighted by Crippen LogP contribution is 2.13. The van der Waals surface area contributed by atoms with Crippen molar-refractivity contribution in [3.8, 4) is 23.9 Å². The molecule has 0 bridgehead atoms. The smallest absolute Gasteiger partial charge is 0.157 e. The summed E-state index contributed by atoms with van der Waals surface area (Å²) >= 11 is 0. The minimum Gasteiger partial charge on any atom is -0.282 e. The van der Waals surface area contributed by atoms with Gasteiger partial charge in [-0.2, -0.15) is 4.89 Å². The Hall–Kier alpha value is -1.12. The lowest BCUT2D eigenvalue weighted by Gasteiger charge is -2.14. The molecule has 0 saturated heterocycles. The molecule has 2 nitrogen and oxygen atoms in total. The lowest BCUT2D eigenvalue weighted by atomic mass is 9.96. The average Bonchev–Trinajstić information content (AvgIpc) is 2.34. The summed E-state index contributed by atoms with van der Waals surface area (Å²) in [5.74, 6) is 9.27. The van der Waals surface area contributed by atoms with E-state index in [1.807, 2.05) is 13.8 Å². The Bertz CT molecular complexity index is 309. The van der Waals surface area contributed by atoms with Gasteiger partial charge in [0.25, 0.3) is 0 Å². The molecular formula is C16H26O2. The van der Waals surface area contributed by atoms with E-state index in [4.69, 9.17) is 9.78 Å². The van der Waals surface area contributed by atoms with Crippen LogP contribution in [0, 0.1) is 29.3 Å². The van der Waals surface area contributed by atoms with Gasteiger partial charge in [0.05, 0.1) is 5.41 Å². The van der Waals surface area contributed by atoms with Crippen molar-refractivity contribution < 1.29 is 9.78 Å². The Kier molecular flexibility index (Phi) is 10.3. The largest absolute Gasteiger partial charge is 0.282 e. The molecule has 0 aliphatic carbocycles. The van der Waals surface area contributed by atoms with Gasteiger partial charge in [0.1, 0.15) is 6.61 Å². The van der Waals surface area contributed by atoms with E-state index in [-0.39, 0.29) is 5.41 Å². The van der Waals surface area contributed by atoms with Crippen LogP contribution in [0.15, 0.2) is 0 Å². The molecule has 0 aromatic carbocycles. The van der Waals surface area contributed by atoms with E-state index in [2.05, 4.69) is 37.7 Å². The zero-order valence-corrected chi connectivity index (χ0v) is 12.3. The van der Waals surface area contributed by atoms with E-state index in [1.54, 1.807) is 0 Å². The van der Waals surface area contributed by atoms with Gasteiger partial charge in [-0.25, -0.2) is 0 Å². The van der Waals surface area contributed by atoms with Crippen molar-refractivity contribution in [1.82, 2.24) is 0 Å². The summed E-state index contributed by atoms with van der Waals surface area (Å²) in [5, 5.41) is 0. The second-order valence-electron chi connectivity index (χ2n) is 5.02. The van der Waals surface area contributed by atoms with E-state index in [9.17, 15) is 0 Å². The minimum atomic E-state index is -0.182. The first-order valence-corrected chi connectivity index (χ1v) is 6.88. The Labute approximate surface area is 112 Å². The van der Waals surface area contributed by atoms with Crippen LogP contribution >= 0.6 is 0 Å². The highest BCUT2D eigenvalue weighted by molar-refractivity contribution is 5.08. The fourth-order valence-corrected chi connectivity index (χ4v) is 1.15. The number of hydrogen-bond donors (Lipinski definition) is 0. The van der Waals surface area contributed by atoms with Crippen LogP contribution in [0.25, 0.3) is 0 Å². The average molecular weight is 250 g/mol. The van der Waals surface area contributed by atoms with Crippen LogP contribution in [0.2, 0.25) is 0 Å². The van der Waals surface area contributed by atoms with Gasteiger partial charge in [-0.05, 0) is 26.7 Å². The molecule has 0 rings (SSSR count). The molecule has 0 aliphatic heterocycles. The normalized spacial score (nSPS) is 10.0. The Morgan fingerprint density at radius 3 is 2.17 bits per heavy atom. The van der Waals surface area contributed by atoms with Crippen molar-refractivity contribution in [1.29, 1.82) is 0 Å². The summed E-state index contributed by atoms with van der Waals surface area (Å²) in [5.41, 5.74) is -0.182. The molecule has 0 saturated carbocycles. The molecule has 102 valence electrons. The second-order valence-corrected chi connectivity index (χ2v) is 5.02. The molecule has 0 fully saturated rings. The number of hydrogen-bond acceptors (Lipinski definition) is 2. The van der Waals surface area contributed by atoms with E-state index < -0.39 is 0 Å². The van der Waals surface area contributed by atoms with Gasteiger partial charge >= 0.3 is 0 Å². The first-order valence-electron chi connectivity index (χ1n) is 6.88. The predicted octanol–water partition coefficient (Wildman–Crippen LogP) is 4.31. The van der Waals surface area contributed by atoms with Gasteiger partial charge in [-0.1, -0.05) is 38.5 Å². The third-order valence-corrected chi connectivity index (χ3v) is 2.33. The monoisotopic (exact) mass is 250 g/mol. The Morgan fingerprint density at radius 2 is 1.56 bits per heavy atom. The van der Waals surface area contributed by atoms with Gasteiger partial charge in [-0.3, -0.25) is 4.89 Å². The number of unbranched alkanes of at least 4 members (excludes halogenated alkanes) is 4. The molecule has 18 heavy (non-hydrogen) atoms. The summed E-state index contributed by atoms with van der Waals surface area (Å²) in [6.07, 6.45) is 8.96. The molecule has 0 atom stereocenters. The van der Waals surface area contributed by atoms with Crippen LogP contribution in [0.3, 0.4) is 0 Å². The van der Waals surface area contributed by atoms with Crippen molar-refractivity contribution >= 4 is 0 Å². The molecule has 0 spiro atoms. The summed E-state index contributed by atoms with van der Waals surface area (Å²) in [6.45, 7) is 8.83. The number of rotatable bonds is 7. The standard InChI is InChI=1S/C16H26O2/c1-5-7-9-11-13-16(3,4)15-18-17-14-12-10-8-6-2/h5-10,15H2,1-4H3. The molecule has 0 N–H and O–H groups in total. The first kappa shape index (κ1) is 16.9. The maximum atomic E-state index is 5.06. The van der Waals surface area contributed by atoms with Gasteiger partial charge in [0, 0.05) is 12.8 Å². The maximum absolute atomic E-state index is 5.06. The lowest BCUT2D eigenvalue weighted by molar-refractivity contribution is -0.248. The van der Waals surface area contributed by atoms with Gasteiger partial charge in [0.15, 0.2) is 6.11 Å². The van der Waals surface area contributed by atoms with Crippen LogP contribution in [0.4, 0.5) is 0 Å². The van der Waals surface area contributed by atoms with Crippen molar-refractivity contribution in [2.75, 3.05) is 6.61 Å². The fraction of sp³-hybridized carbons (Fsp3) is 0.750. The zero-order chi connectivity index (χ0) is 13.7. The molecule has 2 heteroatoms. The maximum Gasteiger partial charge on any atom is 0.157 e. The van der Waals surface area contributed by atoms with Gasteiger partial charge < -0.3 is 0 Å². The minimum absolute atomic E-state index is 0.182.